The normalized spacial score (nSPS) is 15.7. The summed E-state index contributed by atoms with van der Waals surface area (Å²) in [5, 5.41) is 8.85. The first kappa shape index (κ1) is 19.0. The molecule has 5 rings (SSSR count). The number of aromatic carboxylic acids is 1. The molecule has 3 aromatic rings. The molecule has 0 radical (unpaired) electrons. The molecule has 1 aliphatic heterocycles. The van der Waals surface area contributed by atoms with Crippen molar-refractivity contribution in [2.24, 2.45) is 0 Å². The molecule has 0 atom stereocenters. The molecule has 9 heteroatoms. The number of aromatic nitrogens is 1. The maximum atomic E-state index is 15.7. The van der Waals surface area contributed by atoms with Crippen molar-refractivity contribution in [1.82, 2.24) is 4.57 Å². The highest BCUT2D eigenvalue weighted by Crippen LogP contribution is 2.42. The van der Waals surface area contributed by atoms with Crippen LogP contribution in [0.15, 0.2) is 29.2 Å². The van der Waals surface area contributed by atoms with Crippen molar-refractivity contribution in [3.63, 3.8) is 0 Å². The molecule has 1 aliphatic carbocycles. The molecule has 0 bridgehead atoms. The van der Waals surface area contributed by atoms with Crippen LogP contribution >= 0.6 is 11.6 Å². The molecular weight excluding hydrogens is 421 g/mol. The van der Waals surface area contributed by atoms with Crippen LogP contribution in [0.3, 0.4) is 0 Å². The van der Waals surface area contributed by atoms with Crippen LogP contribution in [0.4, 0.5) is 18.9 Å². The Morgan fingerprint density at radius 2 is 1.83 bits per heavy atom. The second kappa shape index (κ2) is 6.50. The van der Waals surface area contributed by atoms with Crippen LogP contribution in [0.2, 0.25) is 5.02 Å². The van der Waals surface area contributed by atoms with Gasteiger partial charge in [-0.25, -0.2) is 18.0 Å². The molecule has 0 amide bonds. The summed E-state index contributed by atoms with van der Waals surface area (Å²) in [7, 11) is 0. The van der Waals surface area contributed by atoms with Gasteiger partial charge in [0.15, 0.2) is 17.5 Å². The van der Waals surface area contributed by atoms with Crippen molar-refractivity contribution < 1.29 is 23.1 Å². The van der Waals surface area contributed by atoms with Gasteiger partial charge < -0.3 is 14.6 Å². The number of hydrogen-bond donors (Lipinski definition) is 1. The molecule has 0 saturated heterocycles. The molecule has 0 unspecified atom stereocenters. The Hall–Kier alpha value is -3.00. The number of pyridine rings is 1. The molecule has 1 aromatic heterocycles. The minimum absolute atomic E-state index is 0.0780. The zero-order chi connectivity index (χ0) is 21.3. The quantitative estimate of drug-likeness (QED) is 0.611. The van der Waals surface area contributed by atoms with E-state index in [1.807, 2.05) is 0 Å². The monoisotopic (exact) mass is 434 g/mol. The lowest BCUT2D eigenvalue weighted by Crippen LogP contribution is -2.24. The molecular formula is C21H14ClF3N2O3. The van der Waals surface area contributed by atoms with E-state index in [-0.39, 0.29) is 19.1 Å². The van der Waals surface area contributed by atoms with E-state index in [0.717, 1.165) is 11.8 Å². The van der Waals surface area contributed by atoms with Gasteiger partial charge in [0.05, 0.1) is 10.9 Å². The fraction of sp³-hybridized carbons (Fsp3) is 0.238. The fourth-order valence-corrected chi connectivity index (χ4v) is 4.35. The largest absolute Gasteiger partial charge is 0.477 e. The number of halogens is 4. The van der Waals surface area contributed by atoms with Gasteiger partial charge in [0.1, 0.15) is 11.3 Å². The highest BCUT2D eigenvalue weighted by molar-refractivity contribution is 6.31. The van der Waals surface area contributed by atoms with Crippen molar-refractivity contribution in [3.05, 3.63) is 73.8 Å². The molecule has 2 heterocycles. The Morgan fingerprint density at radius 1 is 1.10 bits per heavy atom. The summed E-state index contributed by atoms with van der Waals surface area (Å²) in [5.41, 5.74) is -1.52. The van der Waals surface area contributed by atoms with E-state index in [1.165, 1.54) is 9.47 Å². The lowest BCUT2D eigenvalue weighted by Gasteiger charge is -2.22. The topological polar surface area (TPSA) is 62.5 Å². The summed E-state index contributed by atoms with van der Waals surface area (Å²) in [6.07, 6.45) is 2.26. The third-order valence-electron chi connectivity index (χ3n) is 5.68. The summed E-state index contributed by atoms with van der Waals surface area (Å²) in [6, 6.07) is 4.88. The first-order valence-electron chi connectivity index (χ1n) is 9.29. The van der Waals surface area contributed by atoms with Crippen LogP contribution in [-0.2, 0) is 13.1 Å². The second-order valence-corrected chi connectivity index (χ2v) is 7.97. The summed E-state index contributed by atoms with van der Waals surface area (Å²) in [6.45, 7) is 0.199. The van der Waals surface area contributed by atoms with Gasteiger partial charge in [0.25, 0.3) is 0 Å². The van der Waals surface area contributed by atoms with E-state index in [1.54, 1.807) is 18.2 Å². The van der Waals surface area contributed by atoms with E-state index in [4.69, 9.17) is 11.6 Å². The second-order valence-electron chi connectivity index (χ2n) is 7.56. The number of fused-ring (bicyclic) bond motifs is 2. The predicted molar refractivity (Wildman–Crippen MR) is 105 cm³/mol. The highest BCUT2D eigenvalue weighted by Gasteiger charge is 2.35. The minimum Gasteiger partial charge on any atom is -0.477 e. The third-order valence-corrected chi connectivity index (χ3v) is 6.04. The SMILES string of the molecule is O=C(O)c1cn(C2CC2)c2c(F)c(N3Cc4cccc(Cl)c4C3)c(F)c(F)c2c1=O. The number of benzene rings is 2. The first-order valence-corrected chi connectivity index (χ1v) is 9.67. The van der Waals surface area contributed by atoms with Crippen LogP contribution in [0, 0.1) is 17.5 Å². The maximum absolute atomic E-state index is 15.7. The predicted octanol–water partition coefficient (Wildman–Crippen LogP) is 4.63. The van der Waals surface area contributed by atoms with Crippen molar-refractivity contribution >= 4 is 34.2 Å². The summed E-state index contributed by atoms with van der Waals surface area (Å²) in [4.78, 5) is 25.3. The summed E-state index contributed by atoms with van der Waals surface area (Å²) < 4.78 is 47.0. The fourth-order valence-electron chi connectivity index (χ4n) is 4.09. The van der Waals surface area contributed by atoms with Gasteiger partial charge in [-0.05, 0) is 30.0 Å². The van der Waals surface area contributed by atoms with Crippen LogP contribution in [0.1, 0.15) is 40.4 Å². The van der Waals surface area contributed by atoms with Crippen molar-refractivity contribution in [2.75, 3.05) is 4.90 Å². The maximum Gasteiger partial charge on any atom is 0.341 e. The molecule has 5 nitrogen and oxygen atoms in total. The molecule has 1 fully saturated rings. The van der Waals surface area contributed by atoms with Crippen molar-refractivity contribution in [3.8, 4) is 0 Å². The van der Waals surface area contributed by atoms with E-state index >= 15 is 13.2 Å². The van der Waals surface area contributed by atoms with Gasteiger partial charge >= 0.3 is 5.97 Å². The van der Waals surface area contributed by atoms with Gasteiger partial charge in [0, 0.05) is 30.4 Å². The standard InChI is InChI=1S/C21H14ClF3N2O3/c22-13-3-1-2-9-6-26(7-11(9)13)19-16(24)15(23)14-18(17(19)25)27(10-4-5-10)8-12(20(14)28)21(29)30/h1-3,8,10H,4-7H2,(H,29,30). The van der Waals surface area contributed by atoms with E-state index in [0.29, 0.717) is 23.4 Å². The van der Waals surface area contributed by atoms with Gasteiger partial charge in [-0.3, -0.25) is 4.79 Å². The van der Waals surface area contributed by atoms with Crippen LogP contribution < -0.4 is 10.3 Å². The zero-order valence-corrected chi connectivity index (χ0v) is 16.1. The van der Waals surface area contributed by atoms with Gasteiger partial charge in [-0.2, -0.15) is 0 Å². The Kier molecular flexibility index (Phi) is 4.12. The number of carboxylic acid groups (broad SMARTS) is 1. The van der Waals surface area contributed by atoms with Crippen molar-refractivity contribution in [1.29, 1.82) is 0 Å². The Morgan fingerprint density at radius 3 is 2.47 bits per heavy atom. The summed E-state index contributed by atoms with van der Waals surface area (Å²) in [5.74, 6) is -5.74. The molecule has 0 spiro atoms. The zero-order valence-electron chi connectivity index (χ0n) is 15.4. The Labute approximate surface area is 172 Å². The van der Waals surface area contributed by atoms with Gasteiger partial charge in [0.2, 0.25) is 5.43 Å². The van der Waals surface area contributed by atoms with Crippen molar-refractivity contribution in [2.45, 2.75) is 32.0 Å². The van der Waals surface area contributed by atoms with E-state index < -0.39 is 51.0 Å². The van der Waals surface area contributed by atoms with Crippen LogP contribution in [0.5, 0.6) is 0 Å². The highest BCUT2D eigenvalue weighted by atomic mass is 35.5. The first-order chi connectivity index (χ1) is 14.3. The molecule has 2 aliphatic rings. The van der Waals surface area contributed by atoms with E-state index in [9.17, 15) is 14.7 Å². The smallest absolute Gasteiger partial charge is 0.341 e. The average molecular weight is 435 g/mol. The number of nitrogens with zero attached hydrogens (tertiary/aromatic N) is 2. The lowest BCUT2D eigenvalue weighted by atomic mass is 10.1. The number of rotatable bonds is 3. The number of hydrogen-bond acceptors (Lipinski definition) is 3. The number of carboxylic acids is 1. The van der Waals surface area contributed by atoms with E-state index in [2.05, 4.69) is 0 Å². The third kappa shape index (κ3) is 2.63. The lowest BCUT2D eigenvalue weighted by molar-refractivity contribution is 0.0694. The number of anilines is 1. The van der Waals surface area contributed by atoms with Gasteiger partial charge in [-0.1, -0.05) is 23.7 Å². The minimum atomic E-state index is -1.58. The van der Waals surface area contributed by atoms with Crippen LogP contribution in [0.25, 0.3) is 10.9 Å². The molecule has 154 valence electrons. The summed E-state index contributed by atoms with van der Waals surface area (Å²) >= 11 is 6.18. The molecule has 1 N–H and O–H groups in total. The molecule has 2 aromatic carbocycles. The van der Waals surface area contributed by atoms with Crippen LogP contribution in [-0.4, -0.2) is 15.6 Å². The molecule has 30 heavy (non-hydrogen) atoms. The van der Waals surface area contributed by atoms with Gasteiger partial charge in [-0.15, -0.1) is 0 Å². The molecule has 1 saturated carbocycles. The average Bonchev–Trinajstić information content (AvgIpc) is 3.45. The number of carbonyl (C=O) groups is 1. The Balaban J connectivity index is 1.79. The Bertz CT molecular complexity index is 1320.